The van der Waals surface area contributed by atoms with E-state index in [1.54, 1.807) is 0 Å². The molecule has 0 saturated heterocycles. The molecule has 0 bridgehead atoms. The molecule has 2 atom stereocenters. The lowest BCUT2D eigenvalue weighted by molar-refractivity contribution is -0.259. The summed E-state index contributed by atoms with van der Waals surface area (Å²) in [5.41, 5.74) is -9.72. The summed E-state index contributed by atoms with van der Waals surface area (Å²) in [7, 11) is 0.938. The summed E-state index contributed by atoms with van der Waals surface area (Å²) in [6.07, 6.45) is -10.6. The molecule has 4 aromatic rings. The number of methoxy groups -OCH3 is 1. The molecule has 50 heavy (non-hydrogen) atoms. The van der Waals surface area contributed by atoms with Crippen LogP contribution in [0.2, 0.25) is 0 Å². The minimum atomic E-state index is -5.37. The maximum atomic E-state index is 14.1. The predicted molar refractivity (Wildman–Crippen MR) is 162 cm³/mol. The highest BCUT2D eigenvalue weighted by atomic mass is 19.4. The molecule has 16 heteroatoms. The van der Waals surface area contributed by atoms with Crippen LogP contribution in [0.4, 0.5) is 26.3 Å². The van der Waals surface area contributed by atoms with E-state index < -0.39 is 80.6 Å². The van der Waals surface area contributed by atoms with E-state index in [2.05, 4.69) is 0 Å². The van der Waals surface area contributed by atoms with Crippen LogP contribution in [0.25, 0.3) is 21.9 Å². The summed E-state index contributed by atoms with van der Waals surface area (Å²) >= 11 is 0. The number of rotatable bonds is 10. The van der Waals surface area contributed by atoms with E-state index >= 15 is 0 Å². The topological polar surface area (TPSA) is 157 Å². The molecule has 0 aliphatic heterocycles. The van der Waals surface area contributed by atoms with Gasteiger partial charge in [-0.25, -0.2) is 9.59 Å². The highest BCUT2D eigenvalue weighted by Gasteiger charge is 2.54. The number of carboxylic acid groups (broad SMARTS) is 1. The number of hydrogen-bond acceptors (Lipinski definition) is 9. The van der Waals surface area contributed by atoms with Gasteiger partial charge in [0, 0.05) is 27.5 Å². The molecule has 4 rings (SSSR count). The van der Waals surface area contributed by atoms with Crippen LogP contribution < -0.4 is 14.2 Å². The molecule has 4 aromatic carbocycles. The number of fused-ring (bicyclic) bond motifs is 1. The monoisotopic (exact) mass is 708 g/mol. The molecular formula is C34H26F6O10. The van der Waals surface area contributed by atoms with Crippen molar-refractivity contribution in [1.82, 2.24) is 0 Å². The number of esters is 1. The summed E-state index contributed by atoms with van der Waals surface area (Å²) in [5.74, 6) is -5.52. The Balaban J connectivity index is 1.93. The van der Waals surface area contributed by atoms with E-state index in [-0.39, 0.29) is 34.1 Å². The number of carbonyl (C=O) groups is 4. The van der Waals surface area contributed by atoms with Crippen molar-refractivity contribution in [2.75, 3.05) is 7.11 Å². The third kappa shape index (κ3) is 6.58. The van der Waals surface area contributed by atoms with Gasteiger partial charge in [0.1, 0.15) is 22.8 Å². The second-order valence-electron chi connectivity index (χ2n) is 11.3. The zero-order chi connectivity index (χ0) is 37.6. The number of hydrogen-bond donors (Lipinski definition) is 3. The van der Waals surface area contributed by atoms with Gasteiger partial charge in [0.15, 0.2) is 17.0 Å². The average molecular weight is 709 g/mol. The fourth-order valence-electron chi connectivity index (χ4n) is 5.13. The smallest absolute Gasteiger partial charge is 0.421 e. The molecule has 0 amide bonds. The molecule has 0 fully saturated rings. The molecule has 10 nitrogen and oxygen atoms in total. The van der Waals surface area contributed by atoms with Crippen molar-refractivity contribution in [3.05, 3.63) is 88.5 Å². The molecular weight excluding hydrogens is 682 g/mol. The molecule has 0 radical (unpaired) electrons. The fraction of sp³-hybridized carbons (Fsp3) is 0.235. The maximum absolute atomic E-state index is 14.1. The number of aromatic carboxylic acids is 1. The first-order valence-corrected chi connectivity index (χ1v) is 14.2. The van der Waals surface area contributed by atoms with E-state index in [0.717, 1.165) is 44.4 Å². The number of alkyl halides is 6. The van der Waals surface area contributed by atoms with Crippen LogP contribution in [0.3, 0.4) is 0 Å². The van der Waals surface area contributed by atoms with E-state index in [4.69, 9.17) is 14.2 Å². The summed E-state index contributed by atoms with van der Waals surface area (Å²) in [6.45, 7) is 1.85. The summed E-state index contributed by atoms with van der Waals surface area (Å²) in [4.78, 5) is 48.6. The lowest BCUT2D eigenvalue weighted by atomic mass is 9.88. The van der Waals surface area contributed by atoms with Crippen molar-refractivity contribution in [3.8, 4) is 28.4 Å². The van der Waals surface area contributed by atoms with Crippen LogP contribution in [-0.2, 0) is 16.0 Å². The number of carbonyl (C=O) groups excluding carboxylic acids is 3. The Labute approximate surface area is 278 Å². The number of ketones is 1. The zero-order valence-corrected chi connectivity index (χ0v) is 26.3. The van der Waals surface area contributed by atoms with Crippen molar-refractivity contribution in [2.24, 2.45) is 0 Å². The van der Waals surface area contributed by atoms with Gasteiger partial charge < -0.3 is 29.5 Å². The molecule has 3 N–H and O–H groups in total. The van der Waals surface area contributed by atoms with Gasteiger partial charge in [-0.15, -0.1) is 0 Å². The summed E-state index contributed by atoms with van der Waals surface area (Å²) < 4.78 is 99.0. The van der Waals surface area contributed by atoms with E-state index in [0.29, 0.717) is 26.0 Å². The van der Waals surface area contributed by atoms with Crippen molar-refractivity contribution >= 4 is 35.0 Å². The first-order chi connectivity index (χ1) is 23.1. The average Bonchev–Trinajstić information content (AvgIpc) is 3.02. The first kappa shape index (κ1) is 37.3. The van der Waals surface area contributed by atoms with Gasteiger partial charge in [-0.1, -0.05) is 24.3 Å². The molecule has 0 aliphatic carbocycles. The summed E-state index contributed by atoms with van der Waals surface area (Å²) in [5, 5.41) is 29.7. The zero-order valence-electron chi connectivity index (χ0n) is 26.3. The molecule has 0 spiro atoms. The Morgan fingerprint density at radius 3 is 1.64 bits per heavy atom. The Morgan fingerprint density at radius 1 is 0.700 bits per heavy atom. The minimum Gasteiger partial charge on any atom is -0.496 e. The maximum Gasteiger partial charge on any atom is 0.421 e. The Hall–Kier alpha value is -5.48. The Morgan fingerprint density at radius 2 is 1.18 bits per heavy atom. The highest BCUT2D eigenvalue weighted by molar-refractivity contribution is 6.06. The molecule has 2 unspecified atom stereocenters. The van der Waals surface area contributed by atoms with E-state index in [1.807, 2.05) is 0 Å². The van der Waals surface area contributed by atoms with Crippen LogP contribution in [-0.4, -0.2) is 59.0 Å². The molecule has 0 heterocycles. The van der Waals surface area contributed by atoms with Gasteiger partial charge in [-0.3, -0.25) is 9.59 Å². The van der Waals surface area contributed by atoms with Crippen LogP contribution in [0, 0.1) is 0 Å². The lowest BCUT2D eigenvalue weighted by Gasteiger charge is -2.31. The van der Waals surface area contributed by atoms with Gasteiger partial charge in [-0.2, -0.15) is 26.3 Å². The quantitative estimate of drug-likeness (QED) is 0.0532. The third-order valence-electron chi connectivity index (χ3n) is 7.99. The van der Waals surface area contributed by atoms with Crippen LogP contribution in [0.15, 0.2) is 60.7 Å². The van der Waals surface area contributed by atoms with Gasteiger partial charge in [-0.05, 0) is 68.3 Å². The van der Waals surface area contributed by atoms with Crippen LogP contribution in [0.5, 0.6) is 17.2 Å². The normalized spacial score (nSPS) is 14.3. The third-order valence-corrected chi connectivity index (χ3v) is 7.99. The Kier molecular flexibility index (Phi) is 9.78. The number of carboxylic acids is 1. The van der Waals surface area contributed by atoms with Crippen molar-refractivity contribution in [1.29, 1.82) is 0 Å². The van der Waals surface area contributed by atoms with Crippen LogP contribution in [0.1, 0.15) is 63.0 Å². The largest absolute Gasteiger partial charge is 0.496 e. The van der Waals surface area contributed by atoms with Gasteiger partial charge in [0.05, 0.1) is 12.7 Å². The number of halogens is 6. The number of ether oxygens (including phenoxy) is 3. The molecule has 0 aromatic heterocycles. The standard InChI is InChI=1S/C34H26F6O10/c1-16(42)19-7-5-17(13-23(19)29(43)44)18-6-8-22(26(14-18)49-15-41)30(45)50-28-21-10-11-24(31(2,46)33(35,36)37)27(48-4)20(21)9-12-25(28)32(3,47)34(38,39)40/h5-15,46-47H,1-4H3,(H,43,44). The molecule has 0 aliphatic rings. The fourth-order valence-corrected chi connectivity index (χ4v) is 5.13. The minimum absolute atomic E-state index is 0.0891. The van der Waals surface area contributed by atoms with Gasteiger partial charge >= 0.3 is 24.3 Å². The van der Waals surface area contributed by atoms with Gasteiger partial charge in [0.2, 0.25) is 0 Å². The molecule has 264 valence electrons. The second kappa shape index (κ2) is 13.1. The van der Waals surface area contributed by atoms with Crippen molar-refractivity contribution in [2.45, 2.75) is 44.3 Å². The number of aliphatic hydroxyl groups is 2. The Bertz CT molecular complexity index is 2030. The highest BCUT2D eigenvalue weighted by Crippen LogP contribution is 2.50. The van der Waals surface area contributed by atoms with Gasteiger partial charge in [0.25, 0.3) is 6.47 Å². The lowest BCUT2D eigenvalue weighted by Crippen LogP contribution is -2.40. The predicted octanol–water partition coefficient (Wildman–Crippen LogP) is 6.71. The summed E-state index contributed by atoms with van der Waals surface area (Å²) in [6, 6.07) is 10.2. The van der Waals surface area contributed by atoms with Crippen molar-refractivity contribution < 1.29 is 75.1 Å². The number of benzene rings is 4. The SMILES string of the molecule is COc1c(C(C)(O)C(F)(F)F)ccc2c(OC(=O)c3ccc(-c4ccc(C(C)=O)c(C(=O)O)c4)cc3OC=O)c(C(C)(O)C(F)(F)F)ccc12. The second-order valence-corrected chi connectivity index (χ2v) is 11.3. The van der Waals surface area contributed by atoms with Crippen LogP contribution >= 0.6 is 0 Å². The number of Topliss-reactive ketones (excluding diaryl/α,β-unsaturated/α-hetero) is 1. The van der Waals surface area contributed by atoms with Crippen molar-refractivity contribution in [3.63, 3.8) is 0 Å². The first-order valence-electron chi connectivity index (χ1n) is 14.2. The van der Waals surface area contributed by atoms with E-state index in [9.17, 15) is 60.8 Å². The van der Waals surface area contributed by atoms with E-state index in [1.165, 1.54) is 18.2 Å². The molecule has 0 saturated carbocycles.